The summed E-state index contributed by atoms with van der Waals surface area (Å²) >= 11 is 8.08. The summed E-state index contributed by atoms with van der Waals surface area (Å²) in [7, 11) is 0. The predicted molar refractivity (Wildman–Crippen MR) is 88.2 cm³/mol. The second-order valence-electron chi connectivity index (χ2n) is 5.28. The van der Waals surface area contributed by atoms with E-state index in [2.05, 4.69) is 37.3 Å². The van der Waals surface area contributed by atoms with Gasteiger partial charge in [0.05, 0.1) is 6.20 Å². The Balaban J connectivity index is 1.66. The van der Waals surface area contributed by atoms with Crippen molar-refractivity contribution >= 4 is 28.8 Å². The molecule has 0 unspecified atom stereocenters. The number of aryl methyl sites for hydroxylation is 1. The Morgan fingerprint density at radius 1 is 1.29 bits per heavy atom. The van der Waals surface area contributed by atoms with Crippen LogP contribution in [0.2, 0.25) is 5.02 Å². The molecular formula is C15H19ClN4S. The lowest BCUT2D eigenvalue weighted by Crippen LogP contribution is -2.31. The van der Waals surface area contributed by atoms with Crippen molar-refractivity contribution in [3.05, 3.63) is 39.4 Å². The van der Waals surface area contributed by atoms with Crippen LogP contribution in [0.3, 0.4) is 0 Å². The predicted octanol–water partition coefficient (Wildman–Crippen LogP) is 3.21. The molecule has 0 aromatic carbocycles. The Labute approximate surface area is 134 Å². The van der Waals surface area contributed by atoms with Crippen LogP contribution < -0.4 is 4.90 Å². The normalized spacial score (nSPS) is 17.0. The largest absolute Gasteiger partial charge is 0.354 e. The quantitative estimate of drug-likeness (QED) is 0.868. The molecule has 0 spiro atoms. The summed E-state index contributed by atoms with van der Waals surface area (Å²) in [4.78, 5) is 14.9. The van der Waals surface area contributed by atoms with Crippen LogP contribution in [0.15, 0.2) is 23.7 Å². The molecule has 0 radical (unpaired) electrons. The first-order valence-electron chi connectivity index (χ1n) is 7.21. The van der Waals surface area contributed by atoms with Gasteiger partial charge in [0.1, 0.15) is 10.8 Å². The molecule has 0 bridgehead atoms. The number of anilines is 1. The first-order chi connectivity index (χ1) is 10.2. The first-order valence-corrected chi connectivity index (χ1v) is 8.47. The molecule has 1 fully saturated rings. The summed E-state index contributed by atoms with van der Waals surface area (Å²) in [5.74, 6) is 1.65. The van der Waals surface area contributed by atoms with E-state index in [9.17, 15) is 0 Å². The van der Waals surface area contributed by atoms with Crippen LogP contribution in [-0.2, 0) is 6.54 Å². The number of nitrogens with zero attached hydrogens (tertiary/aromatic N) is 4. The third-order valence-electron chi connectivity index (χ3n) is 3.69. The fourth-order valence-corrected chi connectivity index (χ4v) is 3.59. The standard InChI is InChI=1S/C15H19ClN4S/c1-12-17-10-14(16)15(18-12)20-6-3-5-19(7-8-20)11-13-4-2-9-21-13/h2,4,9-10H,3,5-8,11H2,1H3. The molecule has 0 atom stereocenters. The summed E-state index contributed by atoms with van der Waals surface area (Å²) in [6, 6.07) is 4.32. The first kappa shape index (κ1) is 14.8. The van der Waals surface area contributed by atoms with E-state index in [1.54, 1.807) is 6.20 Å². The lowest BCUT2D eigenvalue weighted by Gasteiger charge is -2.23. The Morgan fingerprint density at radius 3 is 3.00 bits per heavy atom. The molecule has 3 heterocycles. The van der Waals surface area contributed by atoms with Gasteiger partial charge in [-0.25, -0.2) is 9.97 Å². The van der Waals surface area contributed by atoms with Gasteiger partial charge < -0.3 is 4.90 Å². The highest BCUT2D eigenvalue weighted by molar-refractivity contribution is 7.09. The molecule has 0 aliphatic carbocycles. The zero-order chi connectivity index (χ0) is 14.7. The average molecular weight is 323 g/mol. The monoisotopic (exact) mass is 322 g/mol. The Hall–Kier alpha value is -1.17. The van der Waals surface area contributed by atoms with Crippen LogP contribution in [-0.4, -0.2) is 41.0 Å². The van der Waals surface area contributed by atoms with Crippen LogP contribution >= 0.6 is 22.9 Å². The third-order valence-corrected chi connectivity index (χ3v) is 4.82. The summed E-state index contributed by atoms with van der Waals surface area (Å²) < 4.78 is 0. The summed E-state index contributed by atoms with van der Waals surface area (Å²) in [6.45, 7) is 7.06. The van der Waals surface area contributed by atoms with Crippen LogP contribution in [0, 0.1) is 6.92 Å². The van der Waals surface area contributed by atoms with Crippen molar-refractivity contribution in [3.8, 4) is 0 Å². The fraction of sp³-hybridized carbons (Fsp3) is 0.467. The molecule has 1 aliphatic heterocycles. The van der Waals surface area contributed by atoms with E-state index in [1.165, 1.54) is 4.88 Å². The highest BCUT2D eigenvalue weighted by atomic mass is 35.5. The maximum atomic E-state index is 6.26. The molecule has 0 N–H and O–H groups in total. The lowest BCUT2D eigenvalue weighted by atomic mass is 10.3. The Morgan fingerprint density at radius 2 is 2.19 bits per heavy atom. The molecule has 1 saturated heterocycles. The van der Waals surface area contributed by atoms with E-state index in [1.807, 2.05) is 18.3 Å². The van der Waals surface area contributed by atoms with Crippen molar-refractivity contribution < 1.29 is 0 Å². The number of hydrogen-bond donors (Lipinski definition) is 0. The van der Waals surface area contributed by atoms with Gasteiger partial charge in [0.25, 0.3) is 0 Å². The summed E-state index contributed by atoms with van der Waals surface area (Å²) in [5, 5.41) is 2.79. The van der Waals surface area contributed by atoms with Gasteiger partial charge in [-0.15, -0.1) is 11.3 Å². The molecular weight excluding hydrogens is 304 g/mol. The number of hydrogen-bond acceptors (Lipinski definition) is 5. The van der Waals surface area contributed by atoms with Crippen LogP contribution in [0.4, 0.5) is 5.82 Å². The Bertz CT molecular complexity index is 587. The highest BCUT2D eigenvalue weighted by Crippen LogP contribution is 2.24. The van der Waals surface area contributed by atoms with Crippen molar-refractivity contribution in [2.45, 2.75) is 19.9 Å². The summed E-state index contributed by atoms with van der Waals surface area (Å²) in [6.07, 6.45) is 2.83. The minimum absolute atomic E-state index is 0.646. The van der Waals surface area contributed by atoms with Crippen molar-refractivity contribution in [3.63, 3.8) is 0 Å². The van der Waals surface area contributed by atoms with Crippen LogP contribution in [0.25, 0.3) is 0 Å². The van der Waals surface area contributed by atoms with Crippen molar-refractivity contribution in [2.75, 3.05) is 31.1 Å². The summed E-state index contributed by atoms with van der Waals surface area (Å²) in [5.41, 5.74) is 0. The van der Waals surface area contributed by atoms with E-state index >= 15 is 0 Å². The molecule has 6 heteroatoms. The molecule has 0 saturated carbocycles. The Kier molecular flexibility index (Phi) is 4.73. The van der Waals surface area contributed by atoms with E-state index in [0.29, 0.717) is 5.02 Å². The average Bonchev–Trinajstić information content (AvgIpc) is 2.87. The van der Waals surface area contributed by atoms with Crippen molar-refractivity contribution in [1.82, 2.24) is 14.9 Å². The maximum absolute atomic E-state index is 6.26. The molecule has 112 valence electrons. The van der Waals surface area contributed by atoms with Gasteiger partial charge >= 0.3 is 0 Å². The van der Waals surface area contributed by atoms with Gasteiger partial charge in [0.15, 0.2) is 5.82 Å². The molecule has 21 heavy (non-hydrogen) atoms. The van der Waals surface area contributed by atoms with E-state index < -0.39 is 0 Å². The van der Waals surface area contributed by atoms with Gasteiger partial charge in [-0.2, -0.15) is 0 Å². The van der Waals surface area contributed by atoms with Crippen molar-refractivity contribution in [2.24, 2.45) is 0 Å². The lowest BCUT2D eigenvalue weighted by molar-refractivity contribution is 0.288. The van der Waals surface area contributed by atoms with Crippen LogP contribution in [0.5, 0.6) is 0 Å². The number of aromatic nitrogens is 2. The van der Waals surface area contributed by atoms with Gasteiger partial charge in [-0.3, -0.25) is 4.90 Å². The van der Waals surface area contributed by atoms with Crippen LogP contribution in [0.1, 0.15) is 17.1 Å². The second kappa shape index (κ2) is 6.73. The topological polar surface area (TPSA) is 32.3 Å². The zero-order valence-electron chi connectivity index (χ0n) is 12.1. The number of thiophene rings is 1. The van der Waals surface area contributed by atoms with Gasteiger partial charge in [-0.1, -0.05) is 17.7 Å². The molecule has 0 amide bonds. The molecule has 2 aromatic rings. The number of rotatable bonds is 3. The van der Waals surface area contributed by atoms with Gasteiger partial charge in [0, 0.05) is 37.6 Å². The molecule has 2 aromatic heterocycles. The minimum Gasteiger partial charge on any atom is -0.354 e. The molecule has 4 nitrogen and oxygen atoms in total. The molecule has 3 rings (SSSR count). The van der Waals surface area contributed by atoms with Gasteiger partial charge in [0.2, 0.25) is 0 Å². The fourth-order valence-electron chi connectivity index (χ4n) is 2.63. The SMILES string of the molecule is Cc1ncc(Cl)c(N2CCCN(Cc3cccs3)CC2)n1. The third kappa shape index (κ3) is 3.73. The smallest absolute Gasteiger partial charge is 0.151 e. The maximum Gasteiger partial charge on any atom is 0.151 e. The van der Waals surface area contributed by atoms with Gasteiger partial charge in [-0.05, 0) is 24.8 Å². The number of halogens is 1. The molecule has 1 aliphatic rings. The highest BCUT2D eigenvalue weighted by Gasteiger charge is 2.18. The van der Waals surface area contributed by atoms with E-state index in [4.69, 9.17) is 11.6 Å². The van der Waals surface area contributed by atoms with E-state index in [0.717, 1.165) is 50.8 Å². The second-order valence-corrected chi connectivity index (χ2v) is 6.72. The van der Waals surface area contributed by atoms with E-state index in [-0.39, 0.29) is 0 Å². The van der Waals surface area contributed by atoms with Crippen molar-refractivity contribution in [1.29, 1.82) is 0 Å². The minimum atomic E-state index is 0.646. The zero-order valence-corrected chi connectivity index (χ0v) is 13.7.